The molecule has 0 unspecified atom stereocenters. The van der Waals surface area contributed by atoms with Crippen LogP contribution in [-0.4, -0.2) is 38.1 Å². The number of methoxy groups -OCH3 is 3. The Morgan fingerprint density at radius 3 is 2.13 bits per heavy atom. The Morgan fingerprint density at radius 1 is 0.833 bits per heavy atom. The van der Waals surface area contributed by atoms with Crippen molar-refractivity contribution in [3.63, 3.8) is 0 Å². The summed E-state index contributed by atoms with van der Waals surface area (Å²) in [5.74, 6) is 0.279. The fraction of sp³-hybridized carbons (Fsp3) is 0.136. The van der Waals surface area contributed by atoms with Crippen LogP contribution in [0, 0.1) is 0 Å². The molecule has 0 saturated carbocycles. The average molecular weight is 407 g/mol. The summed E-state index contributed by atoms with van der Waals surface area (Å²) in [4.78, 5) is 29.5. The van der Waals surface area contributed by atoms with Gasteiger partial charge in [-0.1, -0.05) is 12.1 Å². The second kappa shape index (κ2) is 9.42. The first-order valence-corrected chi connectivity index (χ1v) is 8.99. The number of benzene rings is 2. The Kier molecular flexibility index (Phi) is 6.49. The third-order valence-corrected chi connectivity index (χ3v) is 4.27. The third-order valence-electron chi connectivity index (χ3n) is 4.27. The van der Waals surface area contributed by atoms with Crippen molar-refractivity contribution in [1.29, 1.82) is 0 Å². The Hall–Kier alpha value is -4.07. The number of nitrogens with zero attached hydrogens (tertiary/aromatic N) is 1. The van der Waals surface area contributed by atoms with Crippen LogP contribution in [0.15, 0.2) is 60.9 Å². The van der Waals surface area contributed by atoms with Gasteiger partial charge in [-0.15, -0.1) is 0 Å². The van der Waals surface area contributed by atoms with Crippen molar-refractivity contribution in [3.05, 3.63) is 72.1 Å². The standard InChI is InChI=1S/C22H21N3O5/c1-28-18-11-14(12-19(29-2)20(18)30-3)21(26)25-17-9-5-4-8-16(17)22(27)24-15-7-6-10-23-13-15/h4-13H,1-3H3,(H,24,27)(H,25,26). The van der Waals surface area contributed by atoms with Crippen LogP contribution >= 0.6 is 0 Å². The van der Waals surface area contributed by atoms with E-state index in [1.54, 1.807) is 42.6 Å². The van der Waals surface area contributed by atoms with Crippen molar-refractivity contribution in [3.8, 4) is 17.2 Å². The van der Waals surface area contributed by atoms with Crippen molar-refractivity contribution in [2.45, 2.75) is 0 Å². The maximum atomic E-state index is 12.9. The molecule has 3 rings (SSSR count). The fourth-order valence-corrected chi connectivity index (χ4v) is 2.83. The molecule has 1 aromatic heterocycles. The molecule has 0 spiro atoms. The van der Waals surface area contributed by atoms with Crippen LogP contribution < -0.4 is 24.8 Å². The molecule has 0 aliphatic carbocycles. The minimum Gasteiger partial charge on any atom is -0.493 e. The molecule has 3 aromatic rings. The quantitative estimate of drug-likeness (QED) is 0.621. The number of ether oxygens (including phenoxy) is 3. The van der Waals surface area contributed by atoms with Crippen molar-refractivity contribution in [2.75, 3.05) is 32.0 Å². The second-order valence-electron chi connectivity index (χ2n) is 6.11. The van der Waals surface area contributed by atoms with Gasteiger partial charge in [-0.25, -0.2) is 0 Å². The Morgan fingerprint density at radius 2 is 1.53 bits per heavy atom. The number of carbonyl (C=O) groups is 2. The largest absolute Gasteiger partial charge is 0.493 e. The summed E-state index contributed by atoms with van der Waals surface area (Å²) in [6.07, 6.45) is 3.15. The first kappa shape index (κ1) is 20.7. The van der Waals surface area contributed by atoms with Crippen molar-refractivity contribution >= 4 is 23.2 Å². The predicted octanol–water partition coefficient (Wildman–Crippen LogP) is 3.61. The lowest BCUT2D eigenvalue weighted by Gasteiger charge is -2.15. The summed E-state index contributed by atoms with van der Waals surface area (Å²) in [6.45, 7) is 0. The normalized spacial score (nSPS) is 10.1. The van der Waals surface area contributed by atoms with Gasteiger partial charge >= 0.3 is 0 Å². The fourth-order valence-electron chi connectivity index (χ4n) is 2.83. The SMILES string of the molecule is COc1cc(C(=O)Nc2ccccc2C(=O)Nc2cccnc2)cc(OC)c1OC. The molecule has 154 valence electrons. The highest BCUT2D eigenvalue weighted by atomic mass is 16.5. The predicted molar refractivity (Wildman–Crippen MR) is 113 cm³/mol. The number of hydrogen-bond acceptors (Lipinski definition) is 6. The van der Waals surface area contributed by atoms with Gasteiger partial charge in [0.25, 0.3) is 11.8 Å². The summed E-state index contributed by atoms with van der Waals surface area (Å²) >= 11 is 0. The molecule has 0 radical (unpaired) electrons. The van der Waals surface area contributed by atoms with Gasteiger partial charge in [0.2, 0.25) is 5.75 Å². The molecule has 8 heteroatoms. The lowest BCUT2D eigenvalue weighted by atomic mass is 10.1. The van der Waals surface area contributed by atoms with Crippen LogP contribution in [0.4, 0.5) is 11.4 Å². The number of nitrogens with one attached hydrogen (secondary N) is 2. The molecule has 2 aromatic carbocycles. The van der Waals surface area contributed by atoms with E-state index in [-0.39, 0.29) is 11.5 Å². The summed E-state index contributed by atoms with van der Waals surface area (Å²) in [5, 5.41) is 5.52. The van der Waals surface area contributed by atoms with E-state index in [0.717, 1.165) is 0 Å². The maximum absolute atomic E-state index is 12.9. The topological polar surface area (TPSA) is 98.8 Å². The molecule has 0 aliphatic rings. The number of amides is 2. The molecule has 0 aliphatic heterocycles. The summed E-state index contributed by atoms with van der Waals surface area (Å²) < 4.78 is 15.9. The van der Waals surface area contributed by atoms with Crippen LogP contribution in [0.5, 0.6) is 17.2 Å². The van der Waals surface area contributed by atoms with Gasteiger partial charge in [-0.3, -0.25) is 14.6 Å². The Labute approximate surface area is 173 Å². The Balaban J connectivity index is 1.87. The van der Waals surface area contributed by atoms with Gasteiger partial charge < -0.3 is 24.8 Å². The van der Waals surface area contributed by atoms with Crippen molar-refractivity contribution < 1.29 is 23.8 Å². The highest BCUT2D eigenvalue weighted by Crippen LogP contribution is 2.38. The van der Waals surface area contributed by atoms with E-state index in [9.17, 15) is 9.59 Å². The molecule has 1 heterocycles. The summed E-state index contributed by atoms with van der Waals surface area (Å²) in [5.41, 5.74) is 1.50. The summed E-state index contributed by atoms with van der Waals surface area (Å²) in [7, 11) is 4.42. The monoisotopic (exact) mass is 407 g/mol. The lowest BCUT2D eigenvalue weighted by molar-refractivity contribution is 0.102. The van der Waals surface area contributed by atoms with E-state index in [1.807, 2.05) is 0 Å². The van der Waals surface area contributed by atoms with E-state index in [1.165, 1.54) is 39.7 Å². The van der Waals surface area contributed by atoms with Gasteiger partial charge in [0, 0.05) is 11.8 Å². The number of rotatable bonds is 7. The molecule has 0 saturated heterocycles. The number of aromatic nitrogens is 1. The molecule has 0 fully saturated rings. The highest BCUT2D eigenvalue weighted by Gasteiger charge is 2.19. The Bertz CT molecular complexity index is 1030. The van der Waals surface area contributed by atoms with Gasteiger partial charge in [0.05, 0.1) is 44.5 Å². The molecule has 2 N–H and O–H groups in total. The van der Waals surface area contributed by atoms with Gasteiger partial charge in [0.1, 0.15) is 0 Å². The van der Waals surface area contributed by atoms with Crippen LogP contribution in [0.1, 0.15) is 20.7 Å². The molecular formula is C22H21N3O5. The number of hydrogen-bond donors (Lipinski definition) is 2. The first-order chi connectivity index (χ1) is 14.6. The highest BCUT2D eigenvalue weighted by molar-refractivity contribution is 6.12. The molecule has 0 atom stereocenters. The zero-order valence-corrected chi connectivity index (χ0v) is 16.8. The van der Waals surface area contributed by atoms with E-state index < -0.39 is 5.91 Å². The minimum absolute atomic E-state index is 0.284. The van der Waals surface area contributed by atoms with Crippen LogP contribution in [0.25, 0.3) is 0 Å². The van der Waals surface area contributed by atoms with Crippen LogP contribution in [0.2, 0.25) is 0 Å². The van der Waals surface area contributed by atoms with Gasteiger partial charge in [0.15, 0.2) is 11.5 Å². The van der Waals surface area contributed by atoms with E-state index in [0.29, 0.717) is 34.2 Å². The third kappa shape index (κ3) is 4.49. The van der Waals surface area contributed by atoms with Crippen molar-refractivity contribution in [2.24, 2.45) is 0 Å². The van der Waals surface area contributed by atoms with E-state index in [2.05, 4.69) is 15.6 Å². The van der Waals surface area contributed by atoms with Crippen LogP contribution in [-0.2, 0) is 0 Å². The van der Waals surface area contributed by atoms with E-state index in [4.69, 9.17) is 14.2 Å². The van der Waals surface area contributed by atoms with Crippen molar-refractivity contribution in [1.82, 2.24) is 4.98 Å². The van der Waals surface area contributed by atoms with Gasteiger partial charge in [-0.2, -0.15) is 0 Å². The summed E-state index contributed by atoms with van der Waals surface area (Å²) in [6, 6.07) is 13.2. The smallest absolute Gasteiger partial charge is 0.257 e. The molecular weight excluding hydrogens is 386 g/mol. The number of carbonyl (C=O) groups excluding carboxylic acids is 2. The zero-order chi connectivity index (χ0) is 21.5. The second-order valence-corrected chi connectivity index (χ2v) is 6.11. The van der Waals surface area contributed by atoms with E-state index >= 15 is 0 Å². The average Bonchev–Trinajstić information content (AvgIpc) is 2.78. The molecule has 0 bridgehead atoms. The zero-order valence-electron chi connectivity index (χ0n) is 16.8. The molecule has 30 heavy (non-hydrogen) atoms. The first-order valence-electron chi connectivity index (χ1n) is 8.99. The number of anilines is 2. The number of para-hydroxylation sites is 1. The minimum atomic E-state index is -0.434. The maximum Gasteiger partial charge on any atom is 0.257 e. The van der Waals surface area contributed by atoms with Gasteiger partial charge in [-0.05, 0) is 36.4 Å². The lowest BCUT2D eigenvalue weighted by Crippen LogP contribution is -2.18. The number of pyridine rings is 1. The van der Waals surface area contributed by atoms with Crippen LogP contribution in [0.3, 0.4) is 0 Å². The molecule has 8 nitrogen and oxygen atoms in total. The molecule has 2 amide bonds.